The van der Waals surface area contributed by atoms with Crippen LogP contribution in [0.1, 0.15) is 18.1 Å². The topological polar surface area (TPSA) is 57.2 Å². The average Bonchev–Trinajstić information content (AvgIpc) is 3.08. The minimum absolute atomic E-state index is 0.0987. The van der Waals surface area contributed by atoms with E-state index in [1.54, 1.807) is 4.90 Å². The van der Waals surface area contributed by atoms with E-state index in [2.05, 4.69) is 4.74 Å². The first-order valence-electron chi connectivity index (χ1n) is 8.44. The van der Waals surface area contributed by atoms with Crippen LogP contribution >= 0.6 is 0 Å². The minimum atomic E-state index is -5.02. The second-order valence-electron chi connectivity index (χ2n) is 6.47. The molecule has 0 unspecified atom stereocenters. The van der Waals surface area contributed by atoms with Crippen LogP contribution in [0.15, 0.2) is 12.1 Å². The van der Waals surface area contributed by atoms with E-state index in [-0.39, 0.29) is 25.5 Å². The molecule has 1 fully saturated rings. The molecule has 9 heteroatoms. The summed E-state index contributed by atoms with van der Waals surface area (Å²) in [5, 5.41) is 0. The number of esters is 1. The average molecular weight is 373 g/mol. The summed E-state index contributed by atoms with van der Waals surface area (Å²) in [5.41, 5.74) is 2.06. The van der Waals surface area contributed by atoms with E-state index in [0.717, 1.165) is 16.9 Å². The van der Waals surface area contributed by atoms with Crippen LogP contribution in [0.5, 0.6) is 11.5 Å². The molecule has 0 saturated carbocycles. The van der Waals surface area contributed by atoms with Gasteiger partial charge in [0.25, 0.3) is 0 Å². The molecule has 0 amide bonds. The number of likely N-dealkylation sites (N-methyl/N-ethyl adjacent to an activating group) is 1. The van der Waals surface area contributed by atoms with Crippen molar-refractivity contribution in [2.75, 3.05) is 19.9 Å². The van der Waals surface area contributed by atoms with Gasteiger partial charge >= 0.3 is 12.1 Å². The van der Waals surface area contributed by atoms with Gasteiger partial charge in [-0.15, -0.1) is 0 Å². The standard InChI is InChI=1S/C17H18F3NO5/c1-2-21-11-5-9-3-4-12-15(25-8-24-12)10(9)6-13(11)23-7-14(21)26-16(22)17(18,19)20/h3-4,11,13-14H,2,5-8H2,1H3/t11-,13-,14+/m1/s1. The molecular weight excluding hydrogens is 355 g/mol. The molecule has 1 aliphatic carbocycles. The van der Waals surface area contributed by atoms with E-state index in [1.165, 1.54) is 0 Å². The second-order valence-corrected chi connectivity index (χ2v) is 6.47. The quantitative estimate of drug-likeness (QED) is 0.740. The van der Waals surface area contributed by atoms with Crippen molar-refractivity contribution in [1.82, 2.24) is 4.90 Å². The van der Waals surface area contributed by atoms with Crippen LogP contribution in [0.25, 0.3) is 0 Å². The van der Waals surface area contributed by atoms with Crippen molar-refractivity contribution in [3.63, 3.8) is 0 Å². The maximum absolute atomic E-state index is 12.5. The summed E-state index contributed by atoms with van der Waals surface area (Å²) in [6.07, 6.45) is -5.13. The SMILES string of the molecule is CCN1[C@@H](OC(=O)C(F)(F)F)CO[C@@H]2Cc3c(ccc4c3OCO4)C[C@H]21. The number of ether oxygens (including phenoxy) is 4. The van der Waals surface area contributed by atoms with E-state index in [4.69, 9.17) is 14.2 Å². The van der Waals surface area contributed by atoms with Gasteiger partial charge in [-0.25, -0.2) is 4.79 Å². The summed E-state index contributed by atoms with van der Waals surface area (Å²) in [4.78, 5) is 13.0. The normalized spacial score (nSPS) is 27.6. The van der Waals surface area contributed by atoms with Crippen molar-refractivity contribution in [2.24, 2.45) is 0 Å². The smallest absolute Gasteiger partial charge is 0.454 e. The molecule has 4 rings (SSSR count). The zero-order valence-electron chi connectivity index (χ0n) is 14.0. The predicted molar refractivity (Wildman–Crippen MR) is 81.8 cm³/mol. The molecule has 0 bridgehead atoms. The lowest BCUT2D eigenvalue weighted by Crippen LogP contribution is -2.60. The Labute approximate surface area is 147 Å². The van der Waals surface area contributed by atoms with Gasteiger partial charge in [-0.2, -0.15) is 13.2 Å². The highest BCUT2D eigenvalue weighted by atomic mass is 19.4. The molecule has 1 aromatic carbocycles. The largest absolute Gasteiger partial charge is 0.490 e. The molecule has 1 aromatic rings. The Morgan fingerprint density at radius 1 is 1.31 bits per heavy atom. The van der Waals surface area contributed by atoms with Gasteiger partial charge in [0.15, 0.2) is 17.7 Å². The van der Waals surface area contributed by atoms with E-state index < -0.39 is 18.4 Å². The lowest BCUT2D eigenvalue weighted by atomic mass is 9.83. The van der Waals surface area contributed by atoms with Crippen molar-refractivity contribution in [3.8, 4) is 11.5 Å². The number of halogens is 3. The zero-order chi connectivity index (χ0) is 18.5. The van der Waals surface area contributed by atoms with Crippen LogP contribution in [0.3, 0.4) is 0 Å². The molecule has 0 aromatic heterocycles. The van der Waals surface area contributed by atoms with Gasteiger partial charge in [-0.3, -0.25) is 4.90 Å². The highest BCUT2D eigenvalue weighted by molar-refractivity contribution is 5.75. The fraction of sp³-hybridized carbons (Fsp3) is 0.588. The molecule has 0 spiro atoms. The van der Waals surface area contributed by atoms with Gasteiger partial charge < -0.3 is 18.9 Å². The molecule has 2 aliphatic heterocycles. The van der Waals surface area contributed by atoms with Gasteiger partial charge in [-0.05, 0) is 24.6 Å². The van der Waals surface area contributed by atoms with Gasteiger partial charge in [0.05, 0.1) is 12.7 Å². The Balaban J connectivity index is 1.56. The van der Waals surface area contributed by atoms with E-state index in [9.17, 15) is 18.0 Å². The molecule has 0 N–H and O–H groups in total. The number of benzene rings is 1. The summed E-state index contributed by atoms with van der Waals surface area (Å²) in [7, 11) is 0. The van der Waals surface area contributed by atoms with Crippen LogP contribution in [0.4, 0.5) is 13.2 Å². The van der Waals surface area contributed by atoms with Crippen molar-refractivity contribution < 1.29 is 36.9 Å². The Morgan fingerprint density at radius 2 is 2.12 bits per heavy atom. The lowest BCUT2D eigenvalue weighted by Gasteiger charge is -2.47. The number of carbonyl (C=O) groups excluding carboxylic acids is 1. The Kier molecular flexibility index (Phi) is 4.23. The third-order valence-corrected chi connectivity index (χ3v) is 5.09. The molecule has 6 nitrogen and oxygen atoms in total. The van der Waals surface area contributed by atoms with Crippen LogP contribution in [-0.4, -0.2) is 55.4 Å². The number of hydrogen-bond donors (Lipinski definition) is 0. The van der Waals surface area contributed by atoms with Crippen LogP contribution in [0.2, 0.25) is 0 Å². The Bertz CT molecular complexity index is 723. The molecule has 0 radical (unpaired) electrons. The summed E-state index contributed by atoms with van der Waals surface area (Å²) in [5.74, 6) is -0.775. The van der Waals surface area contributed by atoms with Gasteiger partial charge in [0.1, 0.15) is 0 Å². The molecule has 142 valence electrons. The monoisotopic (exact) mass is 373 g/mol. The Morgan fingerprint density at radius 3 is 2.85 bits per heavy atom. The second kappa shape index (κ2) is 6.31. The minimum Gasteiger partial charge on any atom is -0.454 e. The summed E-state index contributed by atoms with van der Waals surface area (Å²) < 4.78 is 59.0. The van der Waals surface area contributed by atoms with Gasteiger partial charge in [-0.1, -0.05) is 13.0 Å². The third-order valence-electron chi connectivity index (χ3n) is 5.09. The molecular formula is C17H18F3NO5. The summed E-state index contributed by atoms with van der Waals surface area (Å²) >= 11 is 0. The highest BCUT2D eigenvalue weighted by Gasteiger charge is 2.47. The number of morpholine rings is 1. The fourth-order valence-corrected chi connectivity index (χ4v) is 3.93. The number of nitrogens with zero attached hydrogens (tertiary/aromatic N) is 1. The first-order chi connectivity index (χ1) is 12.4. The third kappa shape index (κ3) is 2.88. The lowest BCUT2D eigenvalue weighted by molar-refractivity contribution is -0.234. The van der Waals surface area contributed by atoms with Crippen LogP contribution < -0.4 is 9.47 Å². The number of carbonyl (C=O) groups is 1. The summed E-state index contributed by atoms with van der Waals surface area (Å²) in [6.45, 7) is 2.35. The first kappa shape index (κ1) is 17.4. The van der Waals surface area contributed by atoms with Gasteiger partial charge in [0.2, 0.25) is 6.79 Å². The predicted octanol–water partition coefficient (Wildman–Crippen LogP) is 2.03. The molecule has 2 heterocycles. The van der Waals surface area contributed by atoms with Gasteiger partial charge in [0, 0.05) is 18.0 Å². The van der Waals surface area contributed by atoms with E-state index in [0.29, 0.717) is 25.1 Å². The summed E-state index contributed by atoms with van der Waals surface area (Å²) in [6, 6.07) is 3.61. The maximum atomic E-state index is 12.5. The van der Waals surface area contributed by atoms with E-state index >= 15 is 0 Å². The maximum Gasteiger partial charge on any atom is 0.490 e. The number of rotatable bonds is 2. The molecule has 3 atom stereocenters. The molecule has 1 saturated heterocycles. The van der Waals surface area contributed by atoms with Crippen molar-refractivity contribution in [1.29, 1.82) is 0 Å². The fourth-order valence-electron chi connectivity index (χ4n) is 3.93. The highest BCUT2D eigenvalue weighted by Crippen LogP contribution is 2.42. The van der Waals surface area contributed by atoms with Crippen LogP contribution in [0, 0.1) is 0 Å². The van der Waals surface area contributed by atoms with Crippen molar-refractivity contribution >= 4 is 5.97 Å². The van der Waals surface area contributed by atoms with Crippen molar-refractivity contribution in [2.45, 2.75) is 44.3 Å². The number of fused-ring (bicyclic) bond motifs is 4. The number of alkyl halides is 3. The first-order valence-corrected chi connectivity index (χ1v) is 8.44. The Hall–Kier alpha value is -2.00. The molecule has 26 heavy (non-hydrogen) atoms. The molecule has 3 aliphatic rings. The van der Waals surface area contributed by atoms with Crippen LogP contribution in [-0.2, 0) is 27.1 Å². The number of hydrogen-bond acceptors (Lipinski definition) is 6. The zero-order valence-corrected chi connectivity index (χ0v) is 14.0. The van der Waals surface area contributed by atoms with E-state index in [1.807, 2.05) is 19.1 Å². The van der Waals surface area contributed by atoms with Crippen molar-refractivity contribution in [3.05, 3.63) is 23.3 Å².